The summed E-state index contributed by atoms with van der Waals surface area (Å²) in [5.74, 6) is 0. The lowest BCUT2D eigenvalue weighted by Gasteiger charge is -2.38. The van der Waals surface area contributed by atoms with Crippen LogP contribution in [0.1, 0.15) is 23.8 Å². The van der Waals surface area contributed by atoms with Gasteiger partial charge < -0.3 is 10.5 Å². The van der Waals surface area contributed by atoms with Gasteiger partial charge in [0.25, 0.3) is 0 Å². The molecule has 2 unspecified atom stereocenters. The molecule has 0 spiro atoms. The Kier molecular flexibility index (Phi) is 4.29. The zero-order valence-corrected chi connectivity index (χ0v) is 10.4. The van der Waals surface area contributed by atoms with Crippen LogP contribution in [0.15, 0.2) is 11.7 Å². The van der Waals surface area contributed by atoms with Gasteiger partial charge in [0.15, 0.2) is 0 Å². The van der Waals surface area contributed by atoms with Crippen LogP contribution in [0.4, 0.5) is 0 Å². The molecule has 0 saturated carbocycles. The molecule has 1 fully saturated rings. The summed E-state index contributed by atoms with van der Waals surface area (Å²) < 4.78 is 5.15. The number of thiazole rings is 1. The van der Waals surface area contributed by atoms with Gasteiger partial charge in [-0.15, -0.1) is 11.3 Å². The molecule has 1 saturated heterocycles. The SMILES string of the molecule is COCCN1CCCC(N)C1c1cncs1. The Morgan fingerprint density at radius 1 is 1.69 bits per heavy atom. The lowest BCUT2D eigenvalue weighted by Crippen LogP contribution is -2.46. The number of nitrogens with zero attached hydrogens (tertiary/aromatic N) is 2. The second-order valence-corrected chi connectivity index (χ2v) is 5.10. The van der Waals surface area contributed by atoms with Gasteiger partial charge in [-0.05, 0) is 19.4 Å². The Balaban J connectivity index is 2.08. The van der Waals surface area contributed by atoms with Crippen LogP contribution in [-0.2, 0) is 4.74 Å². The highest BCUT2D eigenvalue weighted by atomic mass is 32.1. The van der Waals surface area contributed by atoms with E-state index in [4.69, 9.17) is 10.5 Å². The fraction of sp³-hybridized carbons (Fsp3) is 0.727. The average Bonchev–Trinajstić information content (AvgIpc) is 2.79. The highest BCUT2D eigenvalue weighted by Gasteiger charge is 2.30. The first-order valence-electron chi connectivity index (χ1n) is 5.70. The van der Waals surface area contributed by atoms with Gasteiger partial charge in [0.2, 0.25) is 0 Å². The second-order valence-electron chi connectivity index (χ2n) is 4.18. The third-order valence-electron chi connectivity index (χ3n) is 3.11. The van der Waals surface area contributed by atoms with Crippen LogP contribution < -0.4 is 5.73 Å². The van der Waals surface area contributed by atoms with Gasteiger partial charge in [-0.25, -0.2) is 0 Å². The average molecular weight is 241 g/mol. The largest absolute Gasteiger partial charge is 0.383 e. The van der Waals surface area contributed by atoms with E-state index >= 15 is 0 Å². The molecular weight excluding hydrogens is 222 g/mol. The second kappa shape index (κ2) is 5.72. The summed E-state index contributed by atoms with van der Waals surface area (Å²) in [7, 11) is 1.74. The van der Waals surface area contributed by atoms with E-state index in [9.17, 15) is 0 Å². The van der Waals surface area contributed by atoms with Gasteiger partial charge in [-0.1, -0.05) is 0 Å². The minimum Gasteiger partial charge on any atom is -0.383 e. The number of nitrogens with two attached hydrogens (primary N) is 1. The Morgan fingerprint density at radius 2 is 2.56 bits per heavy atom. The van der Waals surface area contributed by atoms with Crippen molar-refractivity contribution >= 4 is 11.3 Å². The minimum absolute atomic E-state index is 0.228. The van der Waals surface area contributed by atoms with Crippen molar-refractivity contribution in [1.82, 2.24) is 9.88 Å². The summed E-state index contributed by atoms with van der Waals surface area (Å²) in [4.78, 5) is 7.85. The van der Waals surface area contributed by atoms with Crippen LogP contribution in [0.2, 0.25) is 0 Å². The molecule has 90 valence electrons. The van der Waals surface area contributed by atoms with E-state index in [0.29, 0.717) is 6.04 Å². The minimum atomic E-state index is 0.228. The molecule has 0 amide bonds. The summed E-state index contributed by atoms with van der Waals surface area (Å²) in [6.07, 6.45) is 4.23. The van der Waals surface area contributed by atoms with Crippen molar-refractivity contribution in [2.75, 3.05) is 26.8 Å². The van der Waals surface area contributed by atoms with E-state index in [-0.39, 0.29) is 6.04 Å². The number of piperidine rings is 1. The number of methoxy groups -OCH3 is 1. The van der Waals surface area contributed by atoms with Crippen molar-refractivity contribution in [2.45, 2.75) is 24.9 Å². The summed E-state index contributed by atoms with van der Waals surface area (Å²) >= 11 is 1.70. The molecule has 1 aliphatic heterocycles. The molecule has 2 heterocycles. The van der Waals surface area contributed by atoms with E-state index < -0.39 is 0 Å². The number of rotatable bonds is 4. The molecule has 16 heavy (non-hydrogen) atoms. The fourth-order valence-corrected chi connectivity index (χ4v) is 3.15. The summed E-state index contributed by atoms with van der Waals surface area (Å²) in [5, 5.41) is 0. The zero-order valence-electron chi connectivity index (χ0n) is 9.63. The molecule has 0 bridgehead atoms. The van der Waals surface area contributed by atoms with Crippen LogP contribution >= 0.6 is 11.3 Å². The molecule has 1 aromatic rings. The molecule has 2 rings (SSSR count). The summed E-state index contributed by atoms with van der Waals surface area (Å²) in [6.45, 7) is 2.83. The Hall–Kier alpha value is -0.490. The van der Waals surface area contributed by atoms with Crippen molar-refractivity contribution < 1.29 is 4.74 Å². The van der Waals surface area contributed by atoms with Crippen molar-refractivity contribution in [3.63, 3.8) is 0 Å². The molecule has 2 atom stereocenters. The number of aromatic nitrogens is 1. The molecule has 0 aromatic carbocycles. The number of hydrogen-bond donors (Lipinski definition) is 1. The molecule has 1 aromatic heterocycles. The van der Waals surface area contributed by atoms with E-state index in [1.807, 2.05) is 11.7 Å². The van der Waals surface area contributed by atoms with Crippen LogP contribution in [0.3, 0.4) is 0 Å². The summed E-state index contributed by atoms with van der Waals surface area (Å²) in [6, 6.07) is 0.558. The maximum atomic E-state index is 6.23. The third-order valence-corrected chi connectivity index (χ3v) is 3.95. The predicted octanol–water partition coefficient (Wildman–Crippen LogP) is 1.25. The smallest absolute Gasteiger partial charge is 0.0794 e. The van der Waals surface area contributed by atoms with Gasteiger partial charge in [-0.3, -0.25) is 9.88 Å². The lowest BCUT2D eigenvalue weighted by molar-refractivity contribution is 0.0863. The molecule has 0 aliphatic carbocycles. The Morgan fingerprint density at radius 3 is 3.25 bits per heavy atom. The van der Waals surface area contributed by atoms with Crippen molar-refractivity contribution in [2.24, 2.45) is 5.73 Å². The molecule has 4 nitrogen and oxygen atoms in total. The highest BCUT2D eigenvalue weighted by molar-refractivity contribution is 7.09. The van der Waals surface area contributed by atoms with Crippen molar-refractivity contribution in [3.05, 3.63) is 16.6 Å². The van der Waals surface area contributed by atoms with Gasteiger partial charge in [-0.2, -0.15) is 0 Å². The maximum absolute atomic E-state index is 6.23. The quantitative estimate of drug-likeness (QED) is 0.862. The van der Waals surface area contributed by atoms with Gasteiger partial charge in [0.1, 0.15) is 0 Å². The molecule has 5 heteroatoms. The Bertz CT molecular complexity index is 304. The molecular formula is C11H19N3OS. The zero-order chi connectivity index (χ0) is 11.4. The van der Waals surface area contributed by atoms with Gasteiger partial charge >= 0.3 is 0 Å². The maximum Gasteiger partial charge on any atom is 0.0794 e. The number of ether oxygens (including phenoxy) is 1. The van der Waals surface area contributed by atoms with E-state index in [1.54, 1.807) is 18.4 Å². The van der Waals surface area contributed by atoms with E-state index in [0.717, 1.165) is 26.1 Å². The molecule has 2 N–H and O–H groups in total. The molecule has 1 aliphatic rings. The summed E-state index contributed by atoms with van der Waals surface area (Å²) in [5.41, 5.74) is 8.11. The number of hydrogen-bond acceptors (Lipinski definition) is 5. The predicted molar refractivity (Wildman–Crippen MR) is 65.5 cm³/mol. The normalized spacial score (nSPS) is 27.1. The first-order chi connectivity index (χ1) is 7.83. The Labute approximate surface area is 100 Å². The van der Waals surface area contributed by atoms with Gasteiger partial charge in [0, 0.05) is 30.8 Å². The lowest BCUT2D eigenvalue weighted by atomic mass is 9.96. The van der Waals surface area contributed by atoms with Crippen molar-refractivity contribution in [1.29, 1.82) is 0 Å². The first kappa shape index (κ1) is 12.0. The monoisotopic (exact) mass is 241 g/mol. The standard InChI is InChI=1S/C11H19N3OS/c1-15-6-5-14-4-2-3-9(12)11(14)10-7-13-8-16-10/h7-9,11H,2-6,12H2,1H3. The van der Waals surface area contributed by atoms with Crippen LogP contribution in [0.25, 0.3) is 0 Å². The van der Waals surface area contributed by atoms with E-state index in [2.05, 4.69) is 9.88 Å². The van der Waals surface area contributed by atoms with Gasteiger partial charge in [0.05, 0.1) is 18.2 Å². The fourth-order valence-electron chi connectivity index (χ4n) is 2.32. The molecule has 0 radical (unpaired) electrons. The van der Waals surface area contributed by atoms with Crippen LogP contribution in [0.5, 0.6) is 0 Å². The topological polar surface area (TPSA) is 51.4 Å². The van der Waals surface area contributed by atoms with Crippen LogP contribution in [-0.4, -0.2) is 42.7 Å². The van der Waals surface area contributed by atoms with Crippen LogP contribution in [0, 0.1) is 0 Å². The number of likely N-dealkylation sites (tertiary alicyclic amines) is 1. The first-order valence-corrected chi connectivity index (χ1v) is 6.58. The third kappa shape index (κ3) is 2.60. The van der Waals surface area contributed by atoms with E-state index in [1.165, 1.54) is 11.3 Å². The van der Waals surface area contributed by atoms with Crippen molar-refractivity contribution in [3.8, 4) is 0 Å². The highest BCUT2D eigenvalue weighted by Crippen LogP contribution is 2.31.